The lowest BCUT2D eigenvalue weighted by Gasteiger charge is -2.19. The Morgan fingerprint density at radius 3 is 2.83 bits per heavy atom. The number of carbonyl (C=O) groups is 1. The Morgan fingerprint density at radius 2 is 2.22 bits per heavy atom. The molecule has 0 bridgehead atoms. The van der Waals surface area contributed by atoms with Crippen LogP contribution in [0.1, 0.15) is 18.9 Å². The third-order valence-electron chi connectivity index (χ3n) is 2.46. The molecular weight excluding hydrogens is 318 g/mol. The molecule has 0 heterocycles. The van der Waals surface area contributed by atoms with Crippen LogP contribution in [0.15, 0.2) is 18.2 Å². The molecule has 0 aromatic heterocycles. The van der Waals surface area contributed by atoms with Crippen LogP contribution in [-0.4, -0.2) is 29.8 Å². The molecular formula is C13H17BrClNO2. The number of nitrogens with zero attached hydrogens (tertiary/aromatic N) is 1. The van der Waals surface area contributed by atoms with Gasteiger partial charge < -0.3 is 9.64 Å². The summed E-state index contributed by atoms with van der Waals surface area (Å²) < 4.78 is 5.53. The van der Waals surface area contributed by atoms with Crippen LogP contribution in [-0.2, 0) is 11.3 Å². The quantitative estimate of drug-likeness (QED) is 0.745. The molecule has 0 unspecified atom stereocenters. The number of rotatable bonds is 6. The van der Waals surface area contributed by atoms with Crippen molar-refractivity contribution in [2.75, 3.05) is 19.0 Å². The Morgan fingerprint density at radius 1 is 1.50 bits per heavy atom. The Labute approximate surface area is 121 Å². The molecule has 3 nitrogen and oxygen atoms in total. The van der Waals surface area contributed by atoms with Crippen molar-refractivity contribution < 1.29 is 9.53 Å². The third-order valence-corrected chi connectivity index (χ3v) is 3.10. The number of carbonyl (C=O) groups excluding carboxylic acids is 1. The molecule has 1 aromatic rings. The second-order valence-electron chi connectivity index (χ2n) is 3.87. The highest BCUT2D eigenvalue weighted by atomic mass is 79.9. The minimum Gasteiger partial charge on any atom is -0.494 e. The van der Waals surface area contributed by atoms with E-state index in [1.165, 1.54) is 0 Å². The highest BCUT2D eigenvalue weighted by Crippen LogP contribution is 2.24. The van der Waals surface area contributed by atoms with Crippen molar-refractivity contribution in [3.05, 3.63) is 28.8 Å². The SMILES string of the molecule is CCOc1ccc(Cl)cc1CN(C)C(=O)CCBr. The van der Waals surface area contributed by atoms with E-state index in [0.717, 1.165) is 11.3 Å². The number of amides is 1. The van der Waals surface area contributed by atoms with E-state index in [0.29, 0.717) is 29.9 Å². The van der Waals surface area contributed by atoms with Gasteiger partial charge in [-0.3, -0.25) is 4.79 Å². The standard InChI is InChI=1S/C13H17BrClNO2/c1-3-18-12-5-4-11(15)8-10(12)9-16(2)13(17)6-7-14/h4-5,8H,3,6-7,9H2,1-2H3. The summed E-state index contributed by atoms with van der Waals surface area (Å²) in [6.45, 7) is 3.02. The zero-order chi connectivity index (χ0) is 13.5. The lowest BCUT2D eigenvalue weighted by atomic mass is 10.2. The van der Waals surface area contributed by atoms with Crippen molar-refractivity contribution in [2.45, 2.75) is 19.9 Å². The molecule has 0 atom stereocenters. The van der Waals surface area contributed by atoms with E-state index < -0.39 is 0 Å². The maximum Gasteiger partial charge on any atom is 0.223 e. The molecule has 1 amide bonds. The van der Waals surface area contributed by atoms with Gasteiger partial charge in [-0.05, 0) is 25.1 Å². The van der Waals surface area contributed by atoms with E-state index in [4.69, 9.17) is 16.3 Å². The number of hydrogen-bond donors (Lipinski definition) is 0. The van der Waals surface area contributed by atoms with E-state index in [-0.39, 0.29) is 5.91 Å². The fourth-order valence-corrected chi connectivity index (χ4v) is 2.12. The fraction of sp³-hybridized carbons (Fsp3) is 0.462. The number of ether oxygens (including phenoxy) is 1. The summed E-state index contributed by atoms with van der Waals surface area (Å²) in [5.74, 6) is 0.870. The van der Waals surface area contributed by atoms with Crippen LogP contribution >= 0.6 is 27.5 Å². The average molecular weight is 335 g/mol. The zero-order valence-corrected chi connectivity index (χ0v) is 12.9. The summed E-state index contributed by atoms with van der Waals surface area (Å²) >= 11 is 9.24. The molecule has 1 rings (SSSR count). The zero-order valence-electron chi connectivity index (χ0n) is 10.6. The Hall–Kier alpha value is -0.740. The number of alkyl halides is 1. The van der Waals surface area contributed by atoms with Gasteiger partial charge in [-0.15, -0.1) is 0 Å². The number of halogens is 2. The lowest BCUT2D eigenvalue weighted by molar-refractivity contribution is -0.129. The van der Waals surface area contributed by atoms with Crippen LogP contribution < -0.4 is 4.74 Å². The Bertz CT molecular complexity index is 412. The smallest absolute Gasteiger partial charge is 0.223 e. The summed E-state index contributed by atoms with van der Waals surface area (Å²) in [4.78, 5) is 13.4. The predicted octanol–water partition coefficient (Wildman–Crippen LogP) is 3.48. The van der Waals surface area contributed by atoms with E-state index in [1.807, 2.05) is 19.1 Å². The number of benzene rings is 1. The second kappa shape index (κ2) is 7.64. The average Bonchev–Trinajstić information content (AvgIpc) is 2.33. The van der Waals surface area contributed by atoms with Crippen LogP contribution in [0.3, 0.4) is 0 Å². The third kappa shape index (κ3) is 4.50. The van der Waals surface area contributed by atoms with Gasteiger partial charge in [-0.25, -0.2) is 0 Å². The van der Waals surface area contributed by atoms with Crippen molar-refractivity contribution in [3.63, 3.8) is 0 Å². The molecule has 0 aliphatic carbocycles. The van der Waals surface area contributed by atoms with Gasteiger partial charge in [0.2, 0.25) is 5.91 Å². The van der Waals surface area contributed by atoms with Crippen molar-refractivity contribution in [2.24, 2.45) is 0 Å². The van der Waals surface area contributed by atoms with E-state index >= 15 is 0 Å². The van der Waals surface area contributed by atoms with Gasteiger partial charge in [-0.1, -0.05) is 27.5 Å². The molecule has 0 aliphatic rings. The Kier molecular flexibility index (Phi) is 6.50. The van der Waals surface area contributed by atoms with Gasteiger partial charge in [-0.2, -0.15) is 0 Å². The first kappa shape index (κ1) is 15.3. The minimum atomic E-state index is 0.0919. The molecule has 5 heteroatoms. The van der Waals surface area contributed by atoms with Gasteiger partial charge in [0, 0.05) is 35.9 Å². The van der Waals surface area contributed by atoms with Gasteiger partial charge in [0.25, 0.3) is 0 Å². The van der Waals surface area contributed by atoms with E-state index in [2.05, 4.69) is 15.9 Å². The van der Waals surface area contributed by atoms with E-state index in [1.54, 1.807) is 18.0 Å². The summed E-state index contributed by atoms with van der Waals surface area (Å²) in [6, 6.07) is 5.46. The topological polar surface area (TPSA) is 29.5 Å². The number of hydrogen-bond acceptors (Lipinski definition) is 2. The summed E-state index contributed by atoms with van der Waals surface area (Å²) in [5.41, 5.74) is 0.926. The molecule has 0 aliphatic heterocycles. The van der Waals surface area contributed by atoms with Crippen molar-refractivity contribution in [1.82, 2.24) is 4.90 Å². The first-order valence-corrected chi connectivity index (χ1v) is 7.29. The first-order valence-electron chi connectivity index (χ1n) is 5.79. The van der Waals surface area contributed by atoms with Crippen molar-refractivity contribution >= 4 is 33.4 Å². The summed E-state index contributed by atoms with van der Waals surface area (Å²) in [5, 5.41) is 1.32. The molecule has 0 spiro atoms. The summed E-state index contributed by atoms with van der Waals surface area (Å²) in [6.07, 6.45) is 0.487. The normalized spacial score (nSPS) is 10.2. The minimum absolute atomic E-state index is 0.0919. The van der Waals surface area contributed by atoms with Crippen LogP contribution in [0.4, 0.5) is 0 Å². The van der Waals surface area contributed by atoms with Gasteiger partial charge in [0.15, 0.2) is 0 Å². The highest BCUT2D eigenvalue weighted by Gasteiger charge is 2.12. The molecule has 100 valence electrons. The maximum atomic E-state index is 11.7. The second-order valence-corrected chi connectivity index (χ2v) is 5.10. The predicted molar refractivity (Wildman–Crippen MR) is 77.5 cm³/mol. The summed E-state index contributed by atoms with van der Waals surface area (Å²) in [7, 11) is 1.78. The molecule has 0 N–H and O–H groups in total. The van der Waals surface area contributed by atoms with Crippen molar-refractivity contribution in [1.29, 1.82) is 0 Å². The lowest BCUT2D eigenvalue weighted by Crippen LogP contribution is -2.26. The van der Waals surface area contributed by atoms with Crippen LogP contribution in [0.5, 0.6) is 5.75 Å². The fourth-order valence-electron chi connectivity index (χ4n) is 1.58. The monoisotopic (exact) mass is 333 g/mol. The van der Waals surface area contributed by atoms with Crippen LogP contribution in [0.25, 0.3) is 0 Å². The maximum absolute atomic E-state index is 11.7. The molecule has 0 fully saturated rings. The largest absolute Gasteiger partial charge is 0.494 e. The molecule has 18 heavy (non-hydrogen) atoms. The first-order chi connectivity index (χ1) is 8.58. The van der Waals surface area contributed by atoms with Gasteiger partial charge in [0.1, 0.15) is 5.75 Å². The van der Waals surface area contributed by atoms with Gasteiger partial charge >= 0.3 is 0 Å². The molecule has 1 aromatic carbocycles. The van der Waals surface area contributed by atoms with Gasteiger partial charge in [0.05, 0.1) is 6.61 Å². The van der Waals surface area contributed by atoms with Crippen molar-refractivity contribution in [3.8, 4) is 5.75 Å². The molecule has 0 saturated carbocycles. The highest BCUT2D eigenvalue weighted by molar-refractivity contribution is 9.09. The molecule has 0 saturated heterocycles. The van der Waals surface area contributed by atoms with Crippen LogP contribution in [0.2, 0.25) is 5.02 Å². The Balaban J connectivity index is 2.81. The van der Waals surface area contributed by atoms with Crippen LogP contribution in [0, 0.1) is 0 Å². The molecule has 0 radical (unpaired) electrons. The van der Waals surface area contributed by atoms with E-state index in [9.17, 15) is 4.79 Å².